The Kier molecular flexibility index (Phi) is 8.89. The van der Waals surface area contributed by atoms with Gasteiger partial charge in [0.25, 0.3) is 5.91 Å². The maximum atomic E-state index is 13.9. The molecule has 4 rings (SSSR count). The van der Waals surface area contributed by atoms with Gasteiger partial charge in [-0.25, -0.2) is 4.39 Å². The first-order valence-corrected chi connectivity index (χ1v) is 13.0. The van der Waals surface area contributed by atoms with Gasteiger partial charge in [0.05, 0.1) is 25.5 Å². The van der Waals surface area contributed by atoms with E-state index in [0.29, 0.717) is 36.5 Å². The maximum Gasteiger partial charge on any atom is 0.310 e. The molecule has 0 spiro atoms. The third kappa shape index (κ3) is 6.65. The van der Waals surface area contributed by atoms with Crippen LogP contribution in [0.15, 0.2) is 72.8 Å². The van der Waals surface area contributed by atoms with E-state index in [1.807, 2.05) is 49.4 Å². The van der Waals surface area contributed by atoms with Crippen molar-refractivity contribution in [2.45, 2.75) is 39.7 Å². The minimum Gasteiger partial charge on any atom is -0.466 e. The van der Waals surface area contributed by atoms with Gasteiger partial charge in [0.1, 0.15) is 5.82 Å². The van der Waals surface area contributed by atoms with Crippen LogP contribution in [-0.2, 0) is 27.3 Å². The van der Waals surface area contributed by atoms with E-state index in [2.05, 4.69) is 0 Å². The lowest BCUT2D eigenvalue weighted by Crippen LogP contribution is -2.43. The van der Waals surface area contributed by atoms with Crippen LogP contribution in [0.25, 0.3) is 0 Å². The van der Waals surface area contributed by atoms with Crippen LogP contribution >= 0.6 is 0 Å². The highest BCUT2D eigenvalue weighted by molar-refractivity contribution is 6.07. The number of rotatable bonds is 8. The molecule has 0 N–H and O–H groups in total. The number of ether oxygens (including phenoxy) is 1. The molecule has 6 nitrogen and oxygen atoms in total. The van der Waals surface area contributed by atoms with Crippen LogP contribution < -0.4 is 4.90 Å². The number of likely N-dealkylation sites (tertiary alicyclic amines) is 1. The summed E-state index contributed by atoms with van der Waals surface area (Å²) in [5, 5.41) is 0. The van der Waals surface area contributed by atoms with Crippen molar-refractivity contribution in [3.63, 3.8) is 0 Å². The fourth-order valence-electron chi connectivity index (χ4n) is 4.79. The Bertz CT molecular complexity index is 1290. The summed E-state index contributed by atoms with van der Waals surface area (Å²) in [5.41, 5.74) is 3.56. The van der Waals surface area contributed by atoms with Crippen LogP contribution in [0, 0.1) is 18.7 Å². The van der Waals surface area contributed by atoms with Crippen molar-refractivity contribution in [1.82, 2.24) is 4.90 Å². The normalized spacial score (nSPS) is 15.1. The molecule has 0 radical (unpaired) electrons. The molecule has 3 aromatic rings. The number of piperidine rings is 1. The zero-order valence-electron chi connectivity index (χ0n) is 21.9. The highest BCUT2D eigenvalue weighted by Gasteiger charge is 2.29. The average Bonchev–Trinajstić information content (AvgIpc) is 2.92. The molecule has 1 aliphatic rings. The molecule has 3 aromatic carbocycles. The number of hydrogen-bond acceptors (Lipinski definition) is 4. The van der Waals surface area contributed by atoms with Gasteiger partial charge in [-0.3, -0.25) is 14.4 Å². The molecule has 1 fully saturated rings. The second kappa shape index (κ2) is 12.5. The van der Waals surface area contributed by atoms with Crippen LogP contribution in [0.3, 0.4) is 0 Å². The number of carbonyl (C=O) groups is 3. The Morgan fingerprint density at radius 2 is 1.76 bits per heavy atom. The molecule has 1 atom stereocenters. The number of anilines is 1. The summed E-state index contributed by atoms with van der Waals surface area (Å²) >= 11 is 0. The first kappa shape index (κ1) is 27.0. The molecule has 1 heterocycles. The number of amides is 2. The zero-order valence-corrected chi connectivity index (χ0v) is 21.9. The molecular weight excluding hydrogens is 483 g/mol. The largest absolute Gasteiger partial charge is 0.466 e. The number of nitrogens with zero attached hydrogens (tertiary/aromatic N) is 2. The monoisotopic (exact) mass is 516 g/mol. The molecule has 0 aromatic heterocycles. The lowest BCUT2D eigenvalue weighted by atomic mass is 9.97. The molecule has 2 amide bonds. The smallest absolute Gasteiger partial charge is 0.310 e. The summed E-state index contributed by atoms with van der Waals surface area (Å²) in [5.74, 6) is -1.11. The van der Waals surface area contributed by atoms with Crippen LogP contribution in [0.1, 0.15) is 46.8 Å². The Hall–Kier alpha value is -4.00. The van der Waals surface area contributed by atoms with Crippen LogP contribution in [0.2, 0.25) is 0 Å². The van der Waals surface area contributed by atoms with Gasteiger partial charge in [0.15, 0.2) is 0 Å². The molecule has 0 bridgehead atoms. The third-order valence-electron chi connectivity index (χ3n) is 6.85. The lowest BCUT2D eigenvalue weighted by Gasteiger charge is -2.31. The Labute approximate surface area is 223 Å². The topological polar surface area (TPSA) is 66.9 Å². The van der Waals surface area contributed by atoms with E-state index in [4.69, 9.17) is 4.74 Å². The van der Waals surface area contributed by atoms with Crippen molar-refractivity contribution >= 4 is 23.5 Å². The first-order chi connectivity index (χ1) is 18.4. The van der Waals surface area contributed by atoms with Gasteiger partial charge >= 0.3 is 5.97 Å². The minimum atomic E-state index is -0.359. The number of esters is 1. The van der Waals surface area contributed by atoms with Gasteiger partial charge in [-0.15, -0.1) is 0 Å². The summed E-state index contributed by atoms with van der Waals surface area (Å²) in [6, 6.07) is 20.9. The van der Waals surface area contributed by atoms with E-state index in [0.717, 1.165) is 24.0 Å². The van der Waals surface area contributed by atoms with Crippen molar-refractivity contribution in [3.05, 3.63) is 101 Å². The van der Waals surface area contributed by atoms with Crippen molar-refractivity contribution < 1.29 is 23.5 Å². The summed E-state index contributed by atoms with van der Waals surface area (Å²) in [6.45, 7) is 5.20. The SMILES string of the molecule is CCOC(=O)C1CCCN(C(=O)Cc2ccc(N(Cc3cccc(F)c3)C(=O)c3ccccc3C)cc2)C1. The number of carbonyl (C=O) groups excluding carboxylic acids is 3. The summed E-state index contributed by atoms with van der Waals surface area (Å²) < 4.78 is 19.0. The van der Waals surface area contributed by atoms with Gasteiger partial charge in [-0.2, -0.15) is 0 Å². The Morgan fingerprint density at radius 1 is 1.00 bits per heavy atom. The molecule has 1 saturated heterocycles. The third-order valence-corrected chi connectivity index (χ3v) is 6.85. The fourth-order valence-corrected chi connectivity index (χ4v) is 4.79. The van der Waals surface area contributed by atoms with Crippen LogP contribution in [0.4, 0.5) is 10.1 Å². The fraction of sp³-hybridized carbons (Fsp3) is 0.323. The predicted molar refractivity (Wildman–Crippen MR) is 144 cm³/mol. The Balaban J connectivity index is 1.51. The van der Waals surface area contributed by atoms with Gasteiger partial charge in [-0.05, 0) is 73.7 Å². The van der Waals surface area contributed by atoms with E-state index in [1.54, 1.807) is 34.9 Å². The zero-order chi connectivity index (χ0) is 27.1. The van der Waals surface area contributed by atoms with E-state index in [1.165, 1.54) is 12.1 Å². The van der Waals surface area contributed by atoms with Crippen molar-refractivity contribution in [3.8, 4) is 0 Å². The summed E-state index contributed by atoms with van der Waals surface area (Å²) in [4.78, 5) is 42.1. The standard InChI is InChI=1S/C31H33FN2O4/c1-3-38-31(37)25-10-7-17-33(21-25)29(35)19-23-13-15-27(16-14-23)34(20-24-9-6-11-26(32)18-24)30(36)28-12-5-4-8-22(28)2/h4-6,8-9,11-16,18,25H,3,7,10,17,19-21H2,1-2H3. The number of benzene rings is 3. The molecule has 0 aliphatic carbocycles. The molecular formula is C31H33FN2O4. The molecule has 0 saturated carbocycles. The molecule has 198 valence electrons. The number of aryl methyl sites for hydroxylation is 1. The molecule has 1 aliphatic heterocycles. The lowest BCUT2D eigenvalue weighted by molar-refractivity contribution is -0.151. The average molecular weight is 517 g/mol. The minimum absolute atomic E-state index is 0.0423. The molecule has 38 heavy (non-hydrogen) atoms. The second-order valence-corrected chi connectivity index (χ2v) is 9.61. The van der Waals surface area contributed by atoms with E-state index < -0.39 is 0 Å². The van der Waals surface area contributed by atoms with Gasteiger partial charge in [0.2, 0.25) is 5.91 Å². The van der Waals surface area contributed by atoms with Gasteiger partial charge in [-0.1, -0.05) is 42.5 Å². The van der Waals surface area contributed by atoms with Crippen LogP contribution in [0.5, 0.6) is 0 Å². The summed E-state index contributed by atoms with van der Waals surface area (Å²) in [7, 11) is 0. The number of halogens is 1. The second-order valence-electron chi connectivity index (χ2n) is 9.61. The van der Waals surface area contributed by atoms with Crippen molar-refractivity contribution in [2.24, 2.45) is 5.92 Å². The Morgan fingerprint density at radius 3 is 2.47 bits per heavy atom. The molecule has 1 unspecified atom stereocenters. The van der Waals surface area contributed by atoms with Gasteiger partial charge in [0, 0.05) is 24.3 Å². The highest BCUT2D eigenvalue weighted by Crippen LogP contribution is 2.24. The van der Waals surface area contributed by atoms with Crippen molar-refractivity contribution in [1.29, 1.82) is 0 Å². The summed E-state index contributed by atoms with van der Waals surface area (Å²) in [6.07, 6.45) is 1.70. The van der Waals surface area contributed by atoms with Crippen molar-refractivity contribution in [2.75, 3.05) is 24.6 Å². The number of hydrogen-bond donors (Lipinski definition) is 0. The van der Waals surface area contributed by atoms with Gasteiger partial charge < -0.3 is 14.5 Å². The van der Waals surface area contributed by atoms with E-state index >= 15 is 0 Å². The predicted octanol–water partition coefficient (Wildman–Crippen LogP) is 5.33. The quantitative estimate of drug-likeness (QED) is 0.380. The van der Waals surface area contributed by atoms with E-state index in [-0.39, 0.29) is 42.5 Å². The van der Waals surface area contributed by atoms with Crippen LogP contribution in [-0.4, -0.2) is 42.4 Å². The first-order valence-electron chi connectivity index (χ1n) is 13.0. The van der Waals surface area contributed by atoms with E-state index in [9.17, 15) is 18.8 Å². The molecule has 7 heteroatoms. The highest BCUT2D eigenvalue weighted by atomic mass is 19.1. The maximum absolute atomic E-state index is 13.9.